The molecule has 2 unspecified atom stereocenters. The van der Waals surface area contributed by atoms with Crippen LogP contribution in [0, 0.1) is 32.1 Å². The normalized spacial score (nSPS) is 23.5. The standard InChI is InChI=1S/C15H24N2/c1-9-6-11(3)12(7-10(9)2)14(17-16)13-8-15(13,4)5/h6-7,13-14,17H,8,16H2,1-5H3. The number of nitrogens with two attached hydrogens (primary N) is 1. The third kappa shape index (κ3) is 2.24. The Morgan fingerprint density at radius 3 is 2.18 bits per heavy atom. The molecule has 2 heteroatoms. The van der Waals surface area contributed by atoms with Gasteiger partial charge < -0.3 is 0 Å². The molecule has 1 aromatic rings. The number of hydrogen-bond acceptors (Lipinski definition) is 2. The fraction of sp³-hybridized carbons (Fsp3) is 0.600. The number of hydrogen-bond donors (Lipinski definition) is 2. The van der Waals surface area contributed by atoms with Crippen LogP contribution in [-0.2, 0) is 0 Å². The van der Waals surface area contributed by atoms with Crippen molar-refractivity contribution in [1.29, 1.82) is 0 Å². The fourth-order valence-corrected chi connectivity index (χ4v) is 2.82. The van der Waals surface area contributed by atoms with Crippen molar-refractivity contribution in [3.63, 3.8) is 0 Å². The zero-order chi connectivity index (χ0) is 12.8. The van der Waals surface area contributed by atoms with E-state index in [-0.39, 0.29) is 0 Å². The molecule has 3 N–H and O–H groups in total. The van der Waals surface area contributed by atoms with E-state index in [1.54, 1.807) is 0 Å². The van der Waals surface area contributed by atoms with Gasteiger partial charge in [0.2, 0.25) is 0 Å². The average Bonchev–Trinajstić information content (AvgIpc) is 2.84. The molecular weight excluding hydrogens is 208 g/mol. The van der Waals surface area contributed by atoms with E-state index < -0.39 is 0 Å². The van der Waals surface area contributed by atoms with Crippen LogP contribution in [0.1, 0.15) is 48.6 Å². The third-order valence-electron chi connectivity index (χ3n) is 4.39. The highest BCUT2D eigenvalue weighted by Crippen LogP contribution is 2.57. The quantitative estimate of drug-likeness (QED) is 0.620. The maximum atomic E-state index is 5.77. The lowest BCUT2D eigenvalue weighted by Gasteiger charge is -2.21. The molecule has 1 aromatic carbocycles. The molecule has 0 spiro atoms. The summed E-state index contributed by atoms with van der Waals surface area (Å²) in [4.78, 5) is 0. The van der Waals surface area contributed by atoms with Crippen LogP contribution in [0.3, 0.4) is 0 Å². The first-order valence-electron chi connectivity index (χ1n) is 6.40. The van der Waals surface area contributed by atoms with Crippen molar-refractivity contribution in [2.75, 3.05) is 0 Å². The number of nitrogens with one attached hydrogen (secondary N) is 1. The van der Waals surface area contributed by atoms with E-state index in [1.807, 2.05) is 0 Å². The average molecular weight is 232 g/mol. The molecule has 0 radical (unpaired) electrons. The maximum absolute atomic E-state index is 5.77. The molecule has 1 saturated carbocycles. The largest absolute Gasteiger partial charge is 0.271 e. The second kappa shape index (κ2) is 4.11. The Hall–Kier alpha value is -0.860. The van der Waals surface area contributed by atoms with Crippen molar-refractivity contribution in [1.82, 2.24) is 5.43 Å². The van der Waals surface area contributed by atoms with Crippen LogP contribution < -0.4 is 11.3 Å². The molecule has 17 heavy (non-hydrogen) atoms. The molecule has 0 bridgehead atoms. The van der Waals surface area contributed by atoms with Crippen LogP contribution in [0.25, 0.3) is 0 Å². The molecule has 0 heterocycles. The van der Waals surface area contributed by atoms with Crippen molar-refractivity contribution in [2.45, 2.75) is 47.1 Å². The minimum Gasteiger partial charge on any atom is -0.271 e. The van der Waals surface area contributed by atoms with Gasteiger partial charge in [0.05, 0.1) is 0 Å². The molecule has 0 amide bonds. The molecule has 1 aliphatic carbocycles. The summed E-state index contributed by atoms with van der Waals surface area (Å²) in [6.45, 7) is 11.2. The van der Waals surface area contributed by atoms with Crippen LogP contribution in [0.5, 0.6) is 0 Å². The summed E-state index contributed by atoms with van der Waals surface area (Å²) < 4.78 is 0. The zero-order valence-electron chi connectivity index (χ0n) is 11.6. The summed E-state index contributed by atoms with van der Waals surface area (Å²) in [5.41, 5.74) is 8.88. The van der Waals surface area contributed by atoms with Gasteiger partial charge in [-0.3, -0.25) is 11.3 Å². The Morgan fingerprint density at radius 1 is 1.18 bits per heavy atom. The first-order valence-corrected chi connectivity index (χ1v) is 6.40. The number of hydrazine groups is 1. The predicted octanol–water partition coefficient (Wildman–Crippen LogP) is 3.16. The SMILES string of the molecule is Cc1cc(C)c(C(NN)C2CC2(C)C)cc1C. The Labute approximate surface area is 105 Å². The lowest BCUT2D eigenvalue weighted by atomic mass is 9.91. The van der Waals surface area contributed by atoms with Crippen LogP contribution >= 0.6 is 0 Å². The Bertz CT molecular complexity index is 435. The van der Waals surface area contributed by atoms with Gasteiger partial charge in [0.1, 0.15) is 0 Å². The molecule has 2 rings (SSSR count). The van der Waals surface area contributed by atoms with Crippen LogP contribution in [-0.4, -0.2) is 0 Å². The minimum atomic E-state index is 0.296. The summed E-state index contributed by atoms with van der Waals surface area (Å²) in [5, 5.41) is 0. The summed E-state index contributed by atoms with van der Waals surface area (Å²) >= 11 is 0. The summed E-state index contributed by atoms with van der Waals surface area (Å²) in [6, 6.07) is 4.86. The van der Waals surface area contributed by atoms with Gasteiger partial charge in [0, 0.05) is 6.04 Å². The molecule has 0 saturated heterocycles. The van der Waals surface area contributed by atoms with Gasteiger partial charge in [-0.2, -0.15) is 0 Å². The third-order valence-corrected chi connectivity index (χ3v) is 4.39. The van der Waals surface area contributed by atoms with E-state index in [1.165, 1.54) is 28.7 Å². The van der Waals surface area contributed by atoms with E-state index in [9.17, 15) is 0 Å². The highest BCUT2D eigenvalue weighted by atomic mass is 15.2. The lowest BCUT2D eigenvalue weighted by Crippen LogP contribution is -2.31. The number of aryl methyl sites for hydroxylation is 3. The smallest absolute Gasteiger partial charge is 0.0496 e. The number of benzene rings is 1. The van der Waals surface area contributed by atoms with Crippen molar-refractivity contribution in [3.05, 3.63) is 34.4 Å². The maximum Gasteiger partial charge on any atom is 0.0496 e. The fourth-order valence-electron chi connectivity index (χ4n) is 2.82. The van der Waals surface area contributed by atoms with E-state index in [0.717, 1.165) is 0 Å². The van der Waals surface area contributed by atoms with Crippen LogP contribution in [0.2, 0.25) is 0 Å². The Morgan fingerprint density at radius 2 is 1.71 bits per heavy atom. The molecule has 1 aliphatic rings. The highest BCUT2D eigenvalue weighted by Gasteiger charge is 2.50. The summed E-state index contributed by atoms with van der Waals surface area (Å²) in [5.74, 6) is 6.43. The first kappa shape index (κ1) is 12.6. The monoisotopic (exact) mass is 232 g/mol. The van der Waals surface area contributed by atoms with Gasteiger partial charge in [0.25, 0.3) is 0 Å². The van der Waals surface area contributed by atoms with Crippen molar-refractivity contribution >= 4 is 0 Å². The van der Waals surface area contributed by atoms with E-state index in [0.29, 0.717) is 17.4 Å². The summed E-state index contributed by atoms with van der Waals surface area (Å²) in [6.07, 6.45) is 1.26. The molecule has 0 aliphatic heterocycles. The van der Waals surface area contributed by atoms with Crippen LogP contribution in [0.15, 0.2) is 12.1 Å². The van der Waals surface area contributed by atoms with Gasteiger partial charge >= 0.3 is 0 Å². The minimum absolute atomic E-state index is 0.296. The Kier molecular flexibility index (Phi) is 3.04. The van der Waals surface area contributed by atoms with E-state index in [4.69, 9.17) is 5.84 Å². The number of rotatable bonds is 3. The second-order valence-electron chi connectivity index (χ2n) is 6.24. The Balaban J connectivity index is 2.35. The molecule has 1 fully saturated rings. The molecule has 2 atom stereocenters. The molecule has 0 aromatic heterocycles. The van der Waals surface area contributed by atoms with Gasteiger partial charge in [-0.1, -0.05) is 26.0 Å². The topological polar surface area (TPSA) is 38.0 Å². The molecule has 2 nitrogen and oxygen atoms in total. The summed E-state index contributed by atoms with van der Waals surface area (Å²) in [7, 11) is 0. The highest BCUT2D eigenvalue weighted by molar-refractivity contribution is 5.39. The van der Waals surface area contributed by atoms with E-state index in [2.05, 4.69) is 52.2 Å². The van der Waals surface area contributed by atoms with Crippen molar-refractivity contribution in [2.24, 2.45) is 17.2 Å². The van der Waals surface area contributed by atoms with Gasteiger partial charge in [0.15, 0.2) is 0 Å². The van der Waals surface area contributed by atoms with Crippen molar-refractivity contribution < 1.29 is 0 Å². The van der Waals surface area contributed by atoms with E-state index >= 15 is 0 Å². The van der Waals surface area contributed by atoms with Crippen molar-refractivity contribution in [3.8, 4) is 0 Å². The predicted molar refractivity (Wildman–Crippen MR) is 72.6 cm³/mol. The van der Waals surface area contributed by atoms with Gasteiger partial charge in [-0.15, -0.1) is 0 Å². The van der Waals surface area contributed by atoms with Crippen LogP contribution in [0.4, 0.5) is 0 Å². The second-order valence-corrected chi connectivity index (χ2v) is 6.24. The zero-order valence-corrected chi connectivity index (χ0v) is 11.6. The van der Waals surface area contributed by atoms with Gasteiger partial charge in [-0.05, 0) is 60.8 Å². The lowest BCUT2D eigenvalue weighted by molar-refractivity contribution is 0.421. The first-order chi connectivity index (χ1) is 7.86. The molecule has 94 valence electrons. The molecular formula is C15H24N2. The van der Waals surface area contributed by atoms with Gasteiger partial charge in [-0.25, -0.2) is 0 Å².